The molecule has 0 aromatic heterocycles. The fraction of sp³-hybridized carbons (Fsp3) is 0.364. The molecule has 0 N–H and O–H groups in total. The molecule has 0 radical (unpaired) electrons. The Balaban J connectivity index is 3.34. The minimum absolute atomic E-state index is 0.103. The average molecular weight is 355 g/mol. The normalized spacial score (nSPS) is 13.1. The SMILES string of the molecule is CCS(=O)(=O)N(c1cccc(Br)c1)C(C)C(=O)Cl. The standard InChI is InChI=1S/C11H13BrClNO3S/c1-3-18(16,17)14(8(2)11(13)15)10-6-4-5-9(12)7-10/h4-8H,3H2,1-2H3. The zero-order valence-corrected chi connectivity index (χ0v) is 13.1. The second-order valence-corrected chi connectivity index (χ2v) is 7.08. The Morgan fingerprint density at radius 1 is 1.50 bits per heavy atom. The fourth-order valence-corrected chi connectivity index (χ4v) is 3.30. The van der Waals surface area contributed by atoms with E-state index in [2.05, 4.69) is 15.9 Å². The quantitative estimate of drug-likeness (QED) is 0.764. The van der Waals surface area contributed by atoms with Gasteiger partial charge in [0.2, 0.25) is 15.3 Å². The predicted molar refractivity (Wildman–Crippen MR) is 76.4 cm³/mol. The Morgan fingerprint density at radius 3 is 2.56 bits per heavy atom. The molecule has 0 aliphatic rings. The van der Waals surface area contributed by atoms with Crippen molar-refractivity contribution < 1.29 is 13.2 Å². The van der Waals surface area contributed by atoms with Crippen molar-refractivity contribution in [2.45, 2.75) is 19.9 Å². The van der Waals surface area contributed by atoms with Crippen LogP contribution in [0, 0.1) is 0 Å². The van der Waals surface area contributed by atoms with Gasteiger partial charge in [-0.15, -0.1) is 0 Å². The number of benzene rings is 1. The molecule has 1 aromatic rings. The number of hydrogen-bond donors (Lipinski definition) is 0. The largest absolute Gasteiger partial charge is 0.279 e. The first-order valence-electron chi connectivity index (χ1n) is 5.26. The molecule has 1 aromatic carbocycles. The molecule has 0 saturated heterocycles. The second-order valence-electron chi connectivity index (χ2n) is 3.66. The third kappa shape index (κ3) is 3.46. The second kappa shape index (κ2) is 6.04. The summed E-state index contributed by atoms with van der Waals surface area (Å²) in [5.74, 6) is -0.103. The van der Waals surface area contributed by atoms with Crippen LogP contribution in [-0.4, -0.2) is 25.5 Å². The lowest BCUT2D eigenvalue weighted by Gasteiger charge is -2.27. The van der Waals surface area contributed by atoms with E-state index in [1.54, 1.807) is 24.3 Å². The molecular weight excluding hydrogens is 342 g/mol. The Bertz CT molecular complexity index is 547. The Labute approximate surface area is 120 Å². The van der Waals surface area contributed by atoms with Crippen molar-refractivity contribution in [2.75, 3.05) is 10.1 Å². The van der Waals surface area contributed by atoms with Crippen LogP contribution in [0.15, 0.2) is 28.7 Å². The lowest BCUT2D eigenvalue weighted by Crippen LogP contribution is -2.42. The maximum absolute atomic E-state index is 12.1. The van der Waals surface area contributed by atoms with Gasteiger partial charge < -0.3 is 0 Å². The van der Waals surface area contributed by atoms with E-state index in [0.717, 1.165) is 8.78 Å². The van der Waals surface area contributed by atoms with E-state index in [4.69, 9.17) is 11.6 Å². The fourth-order valence-electron chi connectivity index (χ4n) is 1.47. The molecule has 1 atom stereocenters. The van der Waals surface area contributed by atoms with Gasteiger partial charge in [0, 0.05) is 4.47 Å². The smallest absolute Gasteiger partial charge is 0.245 e. The number of rotatable bonds is 5. The summed E-state index contributed by atoms with van der Waals surface area (Å²) in [6, 6.07) is 5.78. The van der Waals surface area contributed by atoms with Gasteiger partial charge in [-0.3, -0.25) is 9.10 Å². The molecule has 0 spiro atoms. The summed E-state index contributed by atoms with van der Waals surface area (Å²) in [6.45, 7) is 2.98. The molecule has 0 fully saturated rings. The monoisotopic (exact) mass is 353 g/mol. The van der Waals surface area contributed by atoms with E-state index in [0.29, 0.717) is 5.69 Å². The van der Waals surface area contributed by atoms with Gasteiger partial charge in [0.05, 0.1) is 11.4 Å². The minimum Gasteiger partial charge on any atom is -0.279 e. The zero-order chi connectivity index (χ0) is 13.9. The van der Waals surface area contributed by atoms with Gasteiger partial charge in [-0.1, -0.05) is 22.0 Å². The van der Waals surface area contributed by atoms with E-state index in [-0.39, 0.29) is 5.75 Å². The summed E-state index contributed by atoms with van der Waals surface area (Å²) in [4.78, 5) is 11.3. The van der Waals surface area contributed by atoms with Crippen LogP contribution in [-0.2, 0) is 14.8 Å². The van der Waals surface area contributed by atoms with Crippen molar-refractivity contribution in [2.24, 2.45) is 0 Å². The van der Waals surface area contributed by atoms with Crippen molar-refractivity contribution in [3.05, 3.63) is 28.7 Å². The predicted octanol–water partition coefficient (Wildman–Crippen LogP) is 2.76. The summed E-state index contributed by atoms with van der Waals surface area (Å²) in [5, 5.41) is -0.716. The molecular formula is C11H13BrClNO3S. The number of carbonyl (C=O) groups excluding carboxylic acids is 1. The van der Waals surface area contributed by atoms with Crippen molar-refractivity contribution in [3.63, 3.8) is 0 Å². The van der Waals surface area contributed by atoms with Crippen LogP contribution < -0.4 is 4.31 Å². The molecule has 0 heterocycles. The molecule has 4 nitrogen and oxygen atoms in total. The molecule has 18 heavy (non-hydrogen) atoms. The Hall–Kier alpha value is -0.590. The number of halogens is 2. The van der Waals surface area contributed by atoms with Gasteiger partial charge in [-0.05, 0) is 43.6 Å². The number of sulfonamides is 1. The first-order valence-corrected chi connectivity index (χ1v) is 8.04. The number of carbonyl (C=O) groups is 1. The summed E-state index contributed by atoms with van der Waals surface area (Å²) < 4.78 is 25.9. The summed E-state index contributed by atoms with van der Waals surface area (Å²) in [7, 11) is -3.57. The highest BCUT2D eigenvalue weighted by atomic mass is 79.9. The summed E-state index contributed by atoms with van der Waals surface area (Å²) in [5.41, 5.74) is 0.410. The zero-order valence-electron chi connectivity index (χ0n) is 9.93. The average Bonchev–Trinajstić information content (AvgIpc) is 2.28. The van der Waals surface area contributed by atoms with E-state index >= 15 is 0 Å². The molecule has 100 valence electrons. The molecule has 1 rings (SSSR count). The number of anilines is 1. The topological polar surface area (TPSA) is 54.5 Å². The van der Waals surface area contributed by atoms with Gasteiger partial charge in [0.15, 0.2) is 0 Å². The van der Waals surface area contributed by atoms with Crippen molar-refractivity contribution >= 4 is 48.5 Å². The summed E-state index contributed by atoms with van der Waals surface area (Å²) in [6.07, 6.45) is 0. The van der Waals surface area contributed by atoms with Gasteiger partial charge in [-0.2, -0.15) is 0 Å². The van der Waals surface area contributed by atoms with Crippen LogP contribution in [0.1, 0.15) is 13.8 Å². The van der Waals surface area contributed by atoms with Gasteiger partial charge >= 0.3 is 0 Å². The van der Waals surface area contributed by atoms with E-state index in [1.807, 2.05) is 0 Å². The first kappa shape index (κ1) is 15.5. The maximum atomic E-state index is 12.1. The van der Waals surface area contributed by atoms with E-state index < -0.39 is 21.3 Å². The van der Waals surface area contributed by atoms with Crippen molar-refractivity contribution in [1.82, 2.24) is 0 Å². The molecule has 0 aliphatic heterocycles. The highest BCUT2D eigenvalue weighted by Crippen LogP contribution is 2.25. The van der Waals surface area contributed by atoms with Crippen LogP contribution in [0.2, 0.25) is 0 Å². The third-order valence-electron chi connectivity index (χ3n) is 2.41. The molecule has 0 amide bonds. The van der Waals surface area contributed by atoms with E-state index in [9.17, 15) is 13.2 Å². The lowest BCUT2D eigenvalue weighted by molar-refractivity contribution is -0.112. The Kier molecular flexibility index (Phi) is 5.19. The van der Waals surface area contributed by atoms with Gasteiger partial charge in [0.25, 0.3) is 0 Å². The van der Waals surface area contributed by atoms with E-state index in [1.165, 1.54) is 13.8 Å². The molecule has 0 aliphatic carbocycles. The van der Waals surface area contributed by atoms with Crippen LogP contribution in [0.25, 0.3) is 0 Å². The first-order chi connectivity index (χ1) is 8.29. The minimum atomic E-state index is -3.57. The van der Waals surface area contributed by atoms with Crippen molar-refractivity contribution in [3.8, 4) is 0 Å². The highest BCUT2D eigenvalue weighted by molar-refractivity contribution is 9.10. The van der Waals surface area contributed by atoms with Crippen LogP contribution in [0.4, 0.5) is 5.69 Å². The molecule has 1 unspecified atom stereocenters. The summed E-state index contributed by atoms with van der Waals surface area (Å²) >= 11 is 8.68. The molecule has 0 bridgehead atoms. The maximum Gasteiger partial charge on any atom is 0.245 e. The number of nitrogens with zero attached hydrogens (tertiary/aromatic N) is 1. The molecule has 0 saturated carbocycles. The molecule has 7 heteroatoms. The van der Waals surface area contributed by atoms with Crippen LogP contribution in [0.5, 0.6) is 0 Å². The van der Waals surface area contributed by atoms with Gasteiger partial charge in [0.1, 0.15) is 6.04 Å². The van der Waals surface area contributed by atoms with Crippen molar-refractivity contribution in [1.29, 1.82) is 0 Å². The number of hydrogen-bond acceptors (Lipinski definition) is 3. The third-order valence-corrected chi connectivity index (χ3v) is 5.07. The highest BCUT2D eigenvalue weighted by Gasteiger charge is 2.29. The van der Waals surface area contributed by atoms with Crippen LogP contribution >= 0.6 is 27.5 Å². The Morgan fingerprint density at radius 2 is 2.11 bits per heavy atom. The lowest BCUT2D eigenvalue weighted by atomic mass is 10.3. The van der Waals surface area contributed by atoms with Gasteiger partial charge in [-0.25, -0.2) is 8.42 Å². The van der Waals surface area contributed by atoms with Crippen LogP contribution in [0.3, 0.4) is 0 Å².